The van der Waals surface area contributed by atoms with Crippen LogP contribution in [0, 0.1) is 6.92 Å². The zero-order valence-corrected chi connectivity index (χ0v) is 9.58. The lowest BCUT2D eigenvalue weighted by Crippen LogP contribution is -2.34. The summed E-state index contributed by atoms with van der Waals surface area (Å²) in [6.45, 7) is 7.43. The summed E-state index contributed by atoms with van der Waals surface area (Å²) in [6.07, 6.45) is 0. The van der Waals surface area contributed by atoms with Crippen molar-refractivity contribution in [2.45, 2.75) is 20.8 Å². The van der Waals surface area contributed by atoms with Crippen LogP contribution in [0.2, 0.25) is 0 Å². The topological polar surface area (TPSA) is 32.3 Å². The molecule has 82 valence electrons. The van der Waals surface area contributed by atoms with Crippen molar-refractivity contribution in [2.75, 3.05) is 18.4 Å². The minimum absolute atomic E-state index is 0.0381. The van der Waals surface area contributed by atoms with Gasteiger partial charge in [-0.15, -0.1) is 0 Å². The first-order valence-corrected chi connectivity index (χ1v) is 5.30. The highest BCUT2D eigenvalue weighted by atomic mass is 16.2. The van der Waals surface area contributed by atoms with Gasteiger partial charge >= 0.3 is 6.03 Å². The first kappa shape index (κ1) is 11.6. The Morgan fingerprint density at radius 3 is 2.20 bits per heavy atom. The Hall–Kier alpha value is -1.51. The average molecular weight is 206 g/mol. The van der Waals surface area contributed by atoms with E-state index < -0.39 is 0 Å². The highest BCUT2D eigenvalue weighted by molar-refractivity contribution is 5.89. The van der Waals surface area contributed by atoms with Gasteiger partial charge in [0.25, 0.3) is 0 Å². The minimum atomic E-state index is -0.0381. The predicted octanol–water partition coefficient (Wildman–Crippen LogP) is 2.87. The summed E-state index contributed by atoms with van der Waals surface area (Å²) in [5, 5.41) is 2.86. The molecule has 0 heterocycles. The van der Waals surface area contributed by atoms with Crippen LogP contribution in [0.5, 0.6) is 0 Å². The number of carbonyl (C=O) groups excluding carboxylic acids is 1. The molecule has 0 aliphatic rings. The van der Waals surface area contributed by atoms with E-state index in [2.05, 4.69) is 5.32 Å². The van der Waals surface area contributed by atoms with Gasteiger partial charge < -0.3 is 10.2 Å². The molecule has 0 bridgehead atoms. The lowest BCUT2D eigenvalue weighted by Gasteiger charge is -2.19. The Morgan fingerprint density at radius 1 is 1.20 bits per heavy atom. The standard InChI is InChI=1S/C12H18N2O/c1-4-14(5-2)12(15)13-11-8-6-10(3)7-9-11/h6-9H,4-5H2,1-3H3,(H,13,15). The molecule has 0 aliphatic carbocycles. The number of hydrogen-bond donors (Lipinski definition) is 1. The molecule has 0 atom stereocenters. The molecular formula is C12H18N2O. The third-order valence-electron chi connectivity index (χ3n) is 2.35. The van der Waals surface area contributed by atoms with Crippen LogP contribution in [0.1, 0.15) is 19.4 Å². The van der Waals surface area contributed by atoms with Crippen molar-refractivity contribution in [2.24, 2.45) is 0 Å². The molecule has 0 fully saturated rings. The van der Waals surface area contributed by atoms with Crippen molar-refractivity contribution in [3.63, 3.8) is 0 Å². The maximum absolute atomic E-state index is 11.7. The van der Waals surface area contributed by atoms with Crippen LogP contribution in [0.3, 0.4) is 0 Å². The summed E-state index contributed by atoms with van der Waals surface area (Å²) in [4.78, 5) is 13.4. The highest BCUT2D eigenvalue weighted by Gasteiger charge is 2.08. The summed E-state index contributed by atoms with van der Waals surface area (Å²) in [5.74, 6) is 0. The van der Waals surface area contributed by atoms with Gasteiger partial charge in [0, 0.05) is 18.8 Å². The zero-order valence-electron chi connectivity index (χ0n) is 9.58. The number of urea groups is 1. The first-order chi connectivity index (χ1) is 7.17. The van der Waals surface area contributed by atoms with Crippen molar-refractivity contribution >= 4 is 11.7 Å². The van der Waals surface area contributed by atoms with Crippen LogP contribution in [-0.4, -0.2) is 24.0 Å². The number of rotatable bonds is 3. The quantitative estimate of drug-likeness (QED) is 0.810. The van der Waals surface area contributed by atoms with E-state index in [1.165, 1.54) is 5.56 Å². The predicted molar refractivity (Wildman–Crippen MR) is 63.1 cm³/mol. The summed E-state index contributed by atoms with van der Waals surface area (Å²) in [5.41, 5.74) is 2.04. The fourth-order valence-corrected chi connectivity index (χ4v) is 1.35. The van der Waals surface area contributed by atoms with Gasteiger partial charge in [0.05, 0.1) is 0 Å². The molecule has 0 aliphatic heterocycles. The van der Waals surface area contributed by atoms with Gasteiger partial charge in [-0.2, -0.15) is 0 Å². The van der Waals surface area contributed by atoms with Crippen LogP contribution in [0.15, 0.2) is 24.3 Å². The number of carbonyl (C=O) groups is 1. The molecule has 1 aromatic carbocycles. The third kappa shape index (κ3) is 3.27. The van der Waals surface area contributed by atoms with Gasteiger partial charge in [-0.1, -0.05) is 17.7 Å². The summed E-state index contributed by atoms with van der Waals surface area (Å²) in [6, 6.07) is 7.76. The second-order valence-corrected chi connectivity index (χ2v) is 3.47. The Balaban J connectivity index is 2.61. The Kier molecular flexibility index (Phi) is 4.16. The normalized spacial score (nSPS) is 9.80. The van der Waals surface area contributed by atoms with Crippen LogP contribution >= 0.6 is 0 Å². The van der Waals surface area contributed by atoms with E-state index in [1.807, 2.05) is 45.0 Å². The molecular weight excluding hydrogens is 188 g/mol. The molecule has 15 heavy (non-hydrogen) atoms. The lowest BCUT2D eigenvalue weighted by molar-refractivity contribution is 0.217. The molecule has 1 N–H and O–H groups in total. The van der Waals surface area contributed by atoms with Gasteiger partial charge in [0.2, 0.25) is 0 Å². The number of anilines is 1. The number of nitrogens with zero attached hydrogens (tertiary/aromatic N) is 1. The Morgan fingerprint density at radius 2 is 1.73 bits per heavy atom. The minimum Gasteiger partial charge on any atom is -0.325 e. The van der Waals surface area contributed by atoms with Gasteiger partial charge in [0.1, 0.15) is 0 Å². The molecule has 0 unspecified atom stereocenters. The van der Waals surface area contributed by atoms with Crippen LogP contribution in [-0.2, 0) is 0 Å². The third-order valence-corrected chi connectivity index (χ3v) is 2.35. The molecule has 3 heteroatoms. The van der Waals surface area contributed by atoms with Gasteiger partial charge in [-0.05, 0) is 32.9 Å². The molecule has 1 aromatic rings. The maximum atomic E-state index is 11.7. The Labute approximate surface area is 91.1 Å². The van der Waals surface area contributed by atoms with E-state index >= 15 is 0 Å². The smallest absolute Gasteiger partial charge is 0.321 e. The number of nitrogens with one attached hydrogen (secondary N) is 1. The lowest BCUT2D eigenvalue weighted by atomic mass is 10.2. The largest absolute Gasteiger partial charge is 0.325 e. The second-order valence-electron chi connectivity index (χ2n) is 3.47. The van der Waals surface area contributed by atoms with Crippen molar-refractivity contribution < 1.29 is 4.79 Å². The number of hydrogen-bond acceptors (Lipinski definition) is 1. The van der Waals surface area contributed by atoms with Gasteiger partial charge in [-0.25, -0.2) is 4.79 Å². The van der Waals surface area contributed by atoms with Gasteiger partial charge in [0.15, 0.2) is 0 Å². The van der Waals surface area contributed by atoms with Crippen molar-refractivity contribution in [3.8, 4) is 0 Å². The van der Waals surface area contributed by atoms with Crippen molar-refractivity contribution in [1.29, 1.82) is 0 Å². The molecule has 3 nitrogen and oxygen atoms in total. The Bertz CT molecular complexity index is 315. The van der Waals surface area contributed by atoms with Gasteiger partial charge in [-0.3, -0.25) is 0 Å². The molecule has 1 rings (SSSR count). The van der Waals surface area contributed by atoms with Crippen LogP contribution in [0.4, 0.5) is 10.5 Å². The van der Waals surface area contributed by atoms with E-state index in [0.29, 0.717) is 0 Å². The molecule has 0 radical (unpaired) electrons. The molecule has 0 saturated carbocycles. The summed E-state index contributed by atoms with van der Waals surface area (Å²) < 4.78 is 0. The fourth-order valence-electron chi connectivity index (χ4n) is 1.35. The molecule has 0 saturated heterocycles. The summed E-state index contributed by atoms with van der Waals surface area (Å²) >= 11 is 0. The molecule has 2 amide bonds. The van der Waals surface area contributed by atoms with Crippen molar-refractivity contribution in [1.82, 2.24) is 4.90 Å². The van der Waals surface area contributed by atoms with E-state index in [-0.39, 0.29) is 6.03 Å². The maximum Gasteiger partial charge on any atom is 0.321 e. The zero-order chi connectivity index (χ0) is 11.3. The van der Waals surface area contributed by atoms with Crippen LogP contribution in [0.25, 0.3) is 0 Å². The van der Waals surface area contributed by atoms with Crippen LogP contribution < -0.4 is 5.32 Å². The number of amides is 2. The number of aryl methyl sites for hydroxylation is 1. The fraction of sp³-hybridized carbons (Fsp3) is 0.417. The van der Waals surface area contributed by atoms with E-state index in [0.717, 1.165) is 18.8 Å². The van der Waals surface area contributed by atoms with E-state index in [9.17, 15) is 4.79 Å². The van der Waals surface area contributed by atoms with Crippen molar-refractivity contribution in [3.05, 3.63) is 29.8 Å². The van der Waals surface area contributed by atoms with E-state index in [1.54, 1.807) is 4.90 Å². The second kappa shape index (κ2) is 5.39. The van der Waals surface area contributed by atoms with E-state index in [4.69, 9.17) is 0 Å². The number of benzene rings is 1. The molecule has 0 spiro atoms. The SMILES string of the molecule is CCN(CC)C(=O)Nc1ccc(C)cc1. The first-order valence-electron chi connectivity index (χ1n) is 5.30. The monoisotopic (exact) mass is 206 g/mol. The average Bonchev–Trinajstić information content (AvgIpc) is 2.23. The highest BCUT2D eigenvalue weighted by Crippen LogP contribution is 2.09. The molecule has 0 aromatic heterocycles. The summed E-state index contributed by atoms with van der Waals surface area (Å²) in [7, 11) is 0.